The van der Waals surface area contributed by atoms with E-state index in [1.54, 1.807) is 7.11 Å². The van der Waals surface area contributed by atoms with Crippen molar-refractivity contribution in [2.75, 3.05) is 26.9 Å². The summed E-state index contributed by atoms with van der Waals surface area (Å²) in [6.07, 6.45) is 2.12. The van der Waals surface area contributed by atoms with Crippen LogP contribution in [0.5, 0.6) is 0 Å². The number of hydrogen-bond donors (Lipinski definition) is 1. The highest BCUT2D eigenvalue weighted by atomic mass is 16.5. The smallest absolute Gasteiger partial charge is 0.158 e. The number of nitrogens with zero attached hydrogens (tertiary/aromatic N) is 3. The van der Waals surface area contributed by atoms with E-state index in [-0.39, 0.29) is 12.5 Å². The quantitative estimate of drug-likeness (QED) is 0.803. The van der Waals surface area contributed by atoms with Crippen LogP contribution in [0, 0.1) is 0 Å². The molecule has 0 bridgehead atoms. The van der Waals surface area contributed by atoms with Gasteiger partial charge in [0, 0.05) is 26.2 Å². The highest BCUT2D eigenvalue weighted by molar-refractivity contribution is 5.03. The van der Waals surface area contributed by atoms with Crippen LogP contribution in [0.25, 0.3) is 0 Å². The maximum absolute atomic E-state index is 9.23. The van der Waals surface area contributed by atoms with Crippen LogP contribution in [0.2, 0.25) is 0 Å². The Labute approximate surface area is 101 Å². The molecule has 0 amide bonds. The zero-order valence-electron chi connectivity index (χ0n) is 10.1. The van der Waals surface area contributed by atoms with Crippen LogP contribution >= 0.6 is 0 Å². The molecule has 2 heterocycles. The second-order valence-electron chi connectivity index (χ2n) is 4.19. The molecule has 0 aliphatic carbocycles. The Morgan fingerprint density at radius 3 is 3.06 bits per heavy atom. The van der Waals surface area contributed by atoms with Crippen LogP contribution in [0.3, 0.4) is 0 Å². The van der Waals surface area contributed by atoms with Crippen LogP contribution < -0.4 is 0 Å². The largest absolute Gasteiger partial charge is 0.388 e. The van der Waals surface area contributed by atoms with Gasteiger partial charge in [-0.05, 0) is 12.8 Å². The second kappa shape index (κ2) is 6.09. The van der Waals surface area contributed by atoms with Crippen molar-refractivity contribution in [3.8, 4) is 0 Å². The molecule has 6 nitrogen and oxygen atoms in total. The van der Waals surface area contributed by atoms with Gasteiger partial charge in [-0.3, -0.25) is 0 Å². The summed E-state index contributed by atoms with van der Waals surface area (Å²) in [4.78, 5) is 0. The van der Waals surface area contributed by atoms with Gasteiger partial charge in [-0.1, -0.05) is 0 Å². The molecule has 1 aliphatic rings. The molecule has 1 atom stereocenters. The highest BCUT2D eigenvalue weighted by Crippen LogP contribution is 2.24. The Bertz CT molecular complexity index is 348. The number of rotatable bonds is 5. The Morgan fingerprint density at radius 1 is 1.53 bits per heavy atom. The number of aliphatic hydroxyl groups is 1. The molecule has 1 aliphatic heterocycles. The van der Waals surface area contributed by atoms with Gasteiger partial charge in [-0.25, -0.2) is 0 Å². The molecule has 1 aromatic heterocycles. The van der Waals surface area contributed by atoms with Gasteiger partial charge in [0.1, 0.15) is 12.4 Å². The molecule has 0 aromatic carbocycles. The molecule has 1 saturated heterocycles. The van der Waals surface area contributed by atoms with Crippen LogP contribution in [0.4, 0.5) is 0 Å². The minimum Gasteiger partial charge on any atom is -0.388 e. The molecule has 1 unspecified atom stereocenters. The van der Waals surface area contributed by atoms with Gasteiger partial charge < -0.3 is 19.1 Å². The van der Waals surface area contributed by atoms with Gasteiger partial charge in [-0.2, -0.15) is 0 Å². The molecule has 17 heavy (non-hydrogen) atoms. The van der Waals surface area contributed by atoms with E-state index in [4.69, 9.17) is 9.47 Å². The van der Waals surface area contributed by atoms with Crippen molar-refractivity contribution in [2.45, 2.75) is 31.9 Å². The summed E-state index contributed by atoms with van der Waals surface area (Å²) < 4.78 is 12.5. The minimum atomic E-state index is -0.0930. The lowest BCUT2D eigenvalue weighted by Gasteiger charge is -2.22. The van der Waals surface area contributed by atoms with Crippen molar-refractivity contribution in [3.05, 3.63) is 11.6 Å². The molecule has 1 aromatic rings. The monoisotopic (exact) mass is 241 g/mol. The van der Waals surface area contributed by atoms with Crippen LogP contribution in [0.1, 0.15) is 30.4 Å². The number of hydrogen-bond acceptors (Lipinski definition) is 5. The molecule has 0 spiro atoms. The lowest BCUT2D eigenvalue weighted by molar-refractivity contribution is 0.0761. The van der Waals surface area contributed by atoms with Gasteiger partial charge in [0.2, 0.25) is 0 Å². The van der Waals surface area contributed by atoms with Crippen molar-refractivity contribution in [2.24, 2.45) is 0 Å². The Morgan fingerprint density at radius 2 is 2.41 bits per heavy atom. The molecule has 96 valence electrons. The summed E-state index contributed by atoms with van der Waals surface area (Å²) in [5.74, 6) is 1.79. The molecule has 2 rings (SSSR count). The van der Waals surface area contributed by atoms with E-state index < -0.39 is 0 Å². The minimum absolute atomic E-state index is 0.0930. The Balaban J connectivity index is 2.16. The van der Waals surface area contributed by atoms with E-state index in [0.29, 0.717) is 25.6 Å². The first-order chi connectivity index (χ1) is 8.36. The standard InChI is InChI=1S/C11H19N3O3/c1-16-6-4-14-10(7-15)12-13-11(14)9-3-2-5-17-8-9/h9,15H,2-8H2,1H3. The second-order valence-corrected chi connectivity index (χ2v) is 4.19. The Kier molecular flexibility index (Phi) is 4.47. The summed E-state index contributed by atoms with van der Waals surface area (Å²) in [5, 5.41) is 17.4. The summed E-state index contributed by atoms with van der Waals surface area (Å²) in [5.41, 5.74) is 0. The van der Waals surface area contributed by atoms with E-state index in [1.165, 1.54) is 0 Å². The summed E-state index contributed by atoms with van der Waals surface area (Å²) in [6, 6.07) is 0. The predicted octanol–water partition coefficient (Wildman–Crippen LogP) is 0.311. The third-order valence-corrected chi connectivity index (χ3v) is 3.04. The van der Waals surface area contributed by atoms with Crippen molar-refractivity contribution < 1.29 is 14.6 Å². The fraction of sp³-hybridized carbons (Fsp3) is 0.818. The maximum atomic E-state index is 9.23. The third kappa shape index (κ3) is 2.83. The van der Waals surface area contributed by atoms with E-state index in [2.05, 4.69) is 10.2 Å². The van der Waals surface area contributed by atoms with Crippen molar-refractivity contribution in [1.29, 1.82) is 0 Å². The number of methoxy groups -OCH3 is 1. The molecule has 1 N–H and O–H groups in total. The van der Waals surface area contributed by atoms with Crippen molar-refractivity contribution >= 4 is 0 Å². The number of aliphatic hydroxyl groups excluding tert-OH is 1. The SMILES string of the molecule is COCCn1c(CO)nnc1C1CCCOC1. The molecule has 0 radical (unpaired) electrons. The van der Waals surface area contributed by atoms with Gasteiger partial charge in [0.15, 0.2) is 5.82 Å². The van der Waals surface area contributed by atoms with Gasteiger partial charge in [0.25, 0.3) is 0 Å². The lowest BCUT2D eigenvalue weighted by Crippen LogP contribution is -2.21. The molecule has 6 heteroatoms. The first kappa shape index (κ1) is 12.5. The van der Waals surface area contributed by atoms with E-state index in [1.807, 2.05) is 4.57 Å². The fourth-order valence-electron chi connectivity index (χ4n) is 2.14. The van der Waals surface area contributed by atoms with Crippen LogP contribution in [-0.4, -0.2) is 46.8 Å². The van der Waals surface area contributed by atoms with Gasteiger partial charge in [0.05, 0.1) is 13.2 Å². The van der Waals surface area contributed by atoms with Crippen LogP contribution in [-0.2, 0) is 22.6 Å². The van der Waals surface area contributed by atoms with Crippen molar-refractivity contribution in [1.82, 2.24) is 14.8 Å². The number of aromatic nitrogens is 3. The summed E-state index contributed by atoms with van der Waals surface area (Å²) in [6.45, 7) is 2.69. The van der Waals surface area contributed by atoms with E-state index in [0.717, 1.165) is 25.3 Å². The highest BCUT2D eigenvalue weighted by Gasteiger charge is 2.23. The molecular weight excluding hydrogens is 222 g/mol. The fourth-order valence-corrected chi connectivity index (χ4v) is 2.14. The predicted molar refractivity (Wildman–Crippen MR) is 60.6 cm³/mol. The molecule has 1 fully saturated rings. The summed E-state index contributed by atoms with van der Waals surface area (Å²) >= 11 is 0. The van der Waals surface area contributed by atoms with Gasteiger partial charge >= 0.3 is 0 Å². The first-order valence-corrected chi connectivity index (χ1v) is 5.96. The first-order valence-electron chi connectivity index (χ1n) is 5.96. The summed E-state index contributed by atoms with van der Waals surface area (Å²) in [7, 11) is 1.66. The third-order valence-electron chi connectivity index (χ3n) is 3.04. The van der Waals surface area contributed by atoms with E-state index >= 15 is 0 Å². The van der Waals surface area contributed by atoms with Crippen LogP contribution in [0.15, 0.2) is 0 Å². The normalized spacial score (nSPS) is 20.7. The van der Waals surface area contributed by atoms with E-state index in [9.17, 15) is 5.11 Å². The molecule has 0 saturated carbocycles. The van der Waals surface area contributed by atoms with Crippen molar-refractivity contribution in [3.63, 3.8) is 0 Å². The average Bonchev–Trinajstić information content (AvgIpc) is 2.80. The number of ether oxygens (including phenoxy) is 2. The lowest BCUT2D eigenvalue weighted by atomic mass is 10.0. The maximum Gasteiger partial charge on any atom is 0.158 e. The Hall–Kier alpha value is -0.980. The molecular formula is C11H19N3O3. The zero-order valence-corrected chi connectivity index (χ0v) is 10.1. The average molecular weight is 241 g/mol. The van der Waals surface area contributed by atoms with Gasteiger partial charge in [-0.15, -0.1) is 10.2 Å². The topological polar surface area (TPSA) is 69.4 Å². The zero-order chi connectivity index (χ0) is 12.1.